The minimum Gasteiger partial charge on any atom is -0.381 e. The second-order valence-corrected chi connectivity index (χ2v) is 6.42. The number of hydrogen-bond donors (Lipinski definition) is 1. The van der Waals surface area contributed by atoms with Gasteiger partial charge in [0.1, 0.15) is 12.1 Å². The van der Waals surface area contributed by atoms with Gasteiger partial charge < -0.3 is 10.1 Å². The monoisotopic (exact) mass is 313 g/mol. The second-order valence-electron chi connectivity index (χ2n) is 6.42. The summed E-state index contributed by atoms with van der Waals surface area (Å²) in [5, 5.41) is 7.84. The van der Waals surface area contributed by atoms with Gasteiger partial charge in [-0.1, -0.05) is 0 Å². The number of nitrogens with zero attached hydrogens (tertiary/aromatic N) is 4. The van der Waals surface area contributed by atoms with Crippen molar-refractivity contribution in [3.05, 3.63) is 36.0 Å². The van der Waals surface area contributed by atoms with Crippen LogP contribution in [0.5, 0.6) is 0 Å². The van der Waals surface area contributed by atoms with Crippen molar-refractivity contribution < 1.29 is 4.74 Å². The fraction of sp³-hybridized carbons (Fsp3) is 0.588. The van der Waals surface area contributed by atoms with Crippen molar-refractivity contribution in [1.29, 1.82) is 0 Å². The predicted molar refractivity (Wildman–Crippen MR) is 87.5 cm³/mol. The van der Waals surface area contributed by atoms with Crippen LogP contribution in [0.4, 0.5) is 5.82 Å². The summed E-state index contributed by atoms with van der Waals surface area (Å²) in [5.74, 6) is 2.08. The first kappa shape index (κ1) is 14.6. The maximum absolute atomic E-state index is 5.44. The highest BCUT2D eigenvalue weighted by Crippen LogP contribution is 2.39. The van der Waals surface area contributed by atoms with E-state index in [1.807, 2.05) is 6.20 Å². The molecule has 4 rings (SSSR count). The Kier molecular flexibility index (Phi) is 4.24. The van der Waals surface area contributed by atoms with Gasteiger partial charge in [0.15, 0.2) is 0 Å². The average molecular weight is 313 g/mol. The summed E-state index contributed by atoms with van der Waals surface area (Å²) in [6.07, 6.45) is 8.29. The molecule has 2 fully saturated rings. The summed E-state index contributed by atoms with van der Waals surface area (Å²) in [6, 6.07) is 4.22. The van der Waals surface area contributed by atoms with E-state index in [-0.39, 0.29) is 0 Å². The molecular weight excluding hydrogens is 290 g/mol. The fourth-order valence-corrected chi connectivity index (χ4v) is 3.16. The Morgan fingerprint density at radius 3 is 3.00 bits per heavy atom. The Balaban J connectivity index is 1.27. The van der Waals surface area contributed by atoms with Crippen LogP contribution < -0.4 is 5.32 Å². The standard InChI is InChI=1S/C17H23N5O/c1(8-22-16(4-7-21-22)13-2-3-13)6-18-17-10-15(19-12-20-17)14-5-9-23-11-14/h4,7,10,12-14H,1-3,5-6,8-9,11H2,(H,18,19,20)/t14-/m0/s1. The van der Waals surface area contributed by atoms with E-state index in [9.17, 15) is 0 Å². The normalized spacial score (nSPS) is 20.8. The molecule has 23 heavy (non-hydrogen) atoms. The van der Waals surface area contributed by atoms with Crippen molar-refractivity contribution in [3.8, 4) is 0 Å². The van der Waals surface area contributed by atoms with Gasteiger partial charge in [0.25, 0.3) is 0 Å². The molecule has 122 valence electrons. The van der Waals surface area contributed by atoms with Crippen LogP contribution in [0.2, 0.25) is 0 Å². The van der Waals surface area contributed by atoms with Gasteiger partial charge in [-0.2, -0.15) is 5.10 Å². The average Bonchev–Trinajstić information content (AvgIpc) is 3.10. The summed E-state index contributed by atoms with van der Waals surface area (Å²) < 4.78 is 7.59. The molecule has 0 unspecified atom stereocenters. The lowest BCUT2D eigenvalue weighted by Crippen LogP contribution is -2.11. The van der Waals surface area contributed by atoms with Gasteiger partial charge in [0.05, 0.1) is 12.3 Å². The van der Waals surface area contributed by atoms with Gasteiger partial charge in [-0.3, -0.25) is 4.68 Å². The first-order valence-corrected chi connectivity index (χ1v) is 8.55. The lowest BCUT2D eigenvalue weighted by Gasteiger charge is -2.10. The molecule has 1 aliphatic heterocycles. The zero-order valence-corrected chi connectivity index (χ0v) is 13.3. The molecule has 3 heterocycles. The van der Waals surface area contributed by atoms with Crippen LogP contribution in [0.1, 0.15) is 48.9 Å². The van der Waals surface area contributed by atoms with Gasteiger partial charge in [-0.05, 0) is 31.7 Å². The first-order valence-electron chi connectivity index (χ1n) is 8.55. The van der Waals surface area contributed by atoms with Crippen LogP contribution >= 0.6 is 0 Å². The number of aromatic nitrogens is 4. The predicted octanol–water partition coefficient (Wildman–Crippen LogP) is 2.56. The number of anilines is 1. The van der Waals surface area contributed by atoms with Gasteiger partial charge in [-0.15, -0.1) is 0 Å². The Bertz CT molecular complexity index is 646. The van der Waals surface area contributed by atoms with Crippen molar-refractivity contribution in [2.45, 2.75) is 44.1 Å². The summed E-state index contributed by atoms with van der Waals surface area (Å²) in [5.41, 5.74) is 2.48. The molecule has 1 saturated heterocycles. The lowest BCUT2D eigenvalue weighted by molar-refractivity contribution is 0.193. The summed E-state index contributed by atoms with van der Waals surface area (Å²) >= 11 is 0. The highest BCUT2D eigenvalue weighted by Gasteiger charge is 2.26. The fourth-order valence-electron chi connectivity index (χ4n) is 3.16. The quantitative estimate of drug-likeness (QED) is 0.796. The van der Waals surface area contributed by atoms with Crippen LogP contribution in [0.15, 0.2) is 24.7 Å². The molecule has 1 N–H and O–H groups in total. The maximum Gasteiger partial charge on any atom is 0.129 e. The zero-order valence-electron chi connectivity index (χ0n) is 13.3. The van der Waals surface area contributed by atoms with Gasteiger partial charge in [-0.25, -0.2) is 9.97 Å². The first-order chi connectivity index (χ1) is 11.4. The molecule has 1 aliphatic carbocycles. The van der Waals surface area contributed by atoms with Crippen molar-refractivity contribution in [2.75, 3.05) is 25.1 Å². The minimum atomic E-state index is 0.420. The molecule has 0 radical (unpaired) electrons. The van der Waals surface area contributed by atoms with E-state index >= 15 is 0 Å². The molecule has 1 saturated carbocycles. The summed E-state index contributed by atoms with van der Waals surface area (Å²) in [7, 11) is 0. The van der Waals surface area contributed by atoms with Crippen molar-refractivity contribution >= 4 is 5.82 Å². The van der Waals surface area contributed by atoms with Crippen LogP contribution in [0.25, 0.3) is 0 Å². The van der Waals surface area contributed by atoms with E-state index < -0.39 is 0 Å². The Hall–Kier alpha value is -1.95. The molecule has 2 aliphatic rings. The van der Waals surface area contributed by atoms with Gasteiger partial charge >= 0.3 is 0 Å². The molecular formula is C17H23N5O. The Labute approximate surface area is 136 Å². The van der Waals surface area contributed by atoms with Crippen LogP contribution in [0.3, 0.4) is 0 Å². The largest absolute Gasteiger partial charge is 0.381 e. The molecule has 0 amide bonds. The molecule has 6 nitrogen and oxygen atoms in total. The molecule has 2 aromatic rings. The SMILES string of the molecule is c1nc(NCCCn2nccc2C2CC2)cc([C@H]2CCOC2)n1. The Morgan fingerprint density at radius 1 is 1.22 bits per heavy atom. The van der Waals surface area contributed by atoms with Crippen molar-refractivity contribution in [1.82, 2.24) is 19.7 Å². The van der Waals surface area contributed by atoms with E-state index in [1.165, 1.54) is 18.5 Å². The van der Waals surface area contributed by atoms with Crippen LogP contribution in [-0.4, -0.2) is 39.5 Å². The van der Waals surface area contributed by atoms with E-state index in [0.717, 1.165) is 56.6 Å². The van der Waals surface area contributed by atoms with E-state index in [4.69, 9.17) is 4.74 Å². The van der Waals surface area contributed by atoms with E-state index in [1.54, 1.807) is 6.33 Å². The topological polar surface area (TPSA) is 64.9 Å². The minimum absolute atomic E-state index is 0.420. The smallest absolute Gasteiger partial charge is 0.129 e. The third-order valence-corrected chi connectivity index (χ3v) is 4.63. The third-order valence-electron chi connectivity index (χ3n) is 4.63. The molecule has 0 aromatic carbocycles. The number of nitrogens with one attached hydrogen (secondary N) is 1. The van der Waals surface area contributed by atoms with Crippen LogP contribution in [0, 0.1) is 0 Å². The third kappa shape index (κ3) is 3.52. The number of aryl methyl sites for hydroxylation is 1. The van der Waals surface area contributed by atoms with Crippen molar-refractivity contribution in [3.63, 3.8) is 0 Å². The zero-order chi connectivity index (χ0) is 15.5. The highest BCUT2D eigenvalue weighted by atomic mass is 16.5. The van der Waals surface area contributed by atoms with E-state index in [0.29, 0.717) is 5.92 Å². The molecule has 1 atom stereocenters. The highest BCUT2D eigenvalue weighted by molar-refractivity contribution is 5.35. The molecule has 2 aromatic heterocycles. The summed E-state index contributed by atoms with van der Waals surface area (Å²) in [4.78, 5) is 8.70. The van der Waals surface area contributed by atoms with Crippen molar-refractivity contribution in [2.24, 2.45) is 0 Å². The Morgan fingerprint density at radius 2 is 2.17 bits per heavy atom. The number of hydrogen-bond acceptors (Lipinski definition) is 5. The van der Waals surface area contributed by atoms with E-state index in [2.05, 4.69) is 37.2 Å². The molecule has 0 bridgehead atoms. The molecule has 0 spiro atoms. The second kappa shape index (κ2) is 6.66. The number of rotatable bonds is 7. The summed E-state index contributed by atoms with van der Waals surface area (Å²) in [6.45, 7) is 3.46. The van der Waals surface area contributed by atoms with Crippen LogP contribution in [-0.2, 0) is 11.3 Å². The molecule has 6 heteroatoms. The maximum atomic E-state index is 5.44. The van der Waals surface area contributed by atoms with Gasteiger partial charge in [0.2, 0.25) is 0 Å². The number of ether oxygens (including phenoxy) is 1. The lowest BCUT2D eigenvalue weighted by atomic mass is 10.1. The van der Waals surface area contributed by atoms with Gasteiger partial charge in [0, 0.05) is 49.5 Å².